The SMILES string of the molecule is C=C1CSCN1C. The molecule has 1 fully saturated rings. The molecule has 0 aromatic heterocycles. The van der Waals surface area contributed by atoms with Crippen molar-refractivity contribution >= 4 is 11.8 Å². The lowest BCUT2D eigenvalue weighted by Gasteiger charge is -2.07. The molecule has 0 aliphatic carbocycles. The Bertz CT molecular complexity index is 90.1. The van der Waals surface area contributed by atoms with E-state index in [1.54, 1.807) is 0 Å². The fourth-order valence-electron chi connectivity index (χ4n) is 0.502. The Hall–Kier alpha value is -0.110. The lowest BCUT2D eigenvalue weighted by molar-refractivity contribution is 0.516. The molecular formula is C5H9NS. The second-order valence-corrected chi connectivity index (χ2v) is 2.70. The van der Waals surface area contributed by atoms with Crippen molar-refractivity contribution in [2.24, 2.45) is 0 Å². The third-order valence-corrected chi connectivity index (χ3v) is 2.20. The highest BCUT2D eigenvalue weighted by molar-refractivity contribution is 7.99. The highest BCUT2D eigenvalue weighted by atomic mass is 32.2. The number of nitrogens with zero attached hydrogens (tertiary/aromatic N) is 1. The van der Waals surface area contributed by atoms with Gasteiger partial charge < -0.3 is 4.90 Å². The van der Waals surface area contributed by atoms with Crippen molar-refractivity contribution in [1.82, 2.24) is 4.90 Å². The molecule has 1 heterocycles. The average molecular weight is 115 g/mol. The molecule has 7 heavy (non-hydrogen) atoms. The van der Waals surface area contributed by atoms with Crippen LogP contribution in [0.3, 0.4) is 0 Å². The monoisotopic (exact) mass is 115 g/mol. The van der Waals surface area contributed by atoms with Crippen LogP contribution >= 0.6 is 11.8 Å². The summed E-state index contributed by atoms with van der Waals surface area (Å²) in [7, 11) is 2.07. The van der Waals surface area contributed by atoms with Crippen LogP contribution in [-0.4, -0.2) is 23.6 Å². The summed E-state index contributed by atoms with van der Waals surface area (Å²) in [5.74, 6) is 2.25. The van der Waals surface area contributed by atoms with Crippen LogP contribution in [0.1, 0.15) is 0 Å². The molecule has 40 valence electrons. The van der Waals surface area contributed by atoms with E-state index in [0.29, 0.717) is 0 Å². The summed E-state index contributed by atoms with van der Waals surface area (Å²) in [6, 6.07) is 0. The molecule has 1 saturated heterocycles. The van der Waals surface area contributed by atoms with Crippen LogP contribution in [0.2, 0.25) is 0 Å². The Labute approximate surface area is 48.4 Å². The van der Waals surface area contributed by atoms with Gasteiger partial charge in [0.15, 0.2) is 0 Å². The molecule has 0 aromatic rings. The van der Waals surface area contributed by atoms with Gasteiger partial charge in [-0.1, -0.05) is 6.58 Å². The van der Waals surface area contributed by atoms with Gasteiger partial charge in [-0.3, -0.25) is 0 Å². The number of thioether (sulfide) groups is 1. The normalized spacial score (nSPS) is 21.3. The summed E-state index contributed by atoms with van der Waals surface area (Å²) in [6.07, 6.45) is 0. The minimum atomic E-state index is 1.12. The van der Waals surface area contributed by atoms with Crippen molar-refractivity contribution in [2.45, 2.75) is 0 Å². The van der Waals surface area contributed by atoms with Crippen LogP contribution in [0.4, 0.5) is 0 Å². The summed E-state index contributed by atoms with van der Waals surface area (Å²) in [5, 5.41) is 0. The predicted octanol–water partition coefficient (Wildman–Crippen LogP) is 1.14. The first-order valence-electron chi connectivity index (χ1n) is 2.27. The van der Waals surface area contributed by atoms with E-state index in [1.807, 2.05) is 11.8 Å². The predicted molar refractivity (Wildman–Crippen MR) is 34.2 cm³/mol. The fourth-order valence-corrected chi connectivity index (χ4v) is 1.51. The summed E-state index contributed by atoms with van der Waals surface area (Å²) in [5.41, 5.74) is 1.25. The third-order valence-electron chi connectivity index (χ3n) is 1.09. The molecule has 0 bridgehead atoms. The zero-order chi connectivity index (χ0) is 5.28. The molecule has 0 saturated carbocycles. The van der Waals surface area contributed by atoms with Gasteiger partial charge in [0.05, 0.1) is 5.88 Å². The minimum Gasteiger partial charge on any atom is -0.368 e. The summed E-state index contributed by atoms with van der Waals surface area (Å²) < 4.78 is 0. The maximum absolute atomic E-state index is 3.84. The van der Waals surface area contributed by atoms with Crippen molar-refractivity contribution in [3.63, 3.8) is 0 Å². The Morgan fingerprint density at radius 1 is 1.86 bits per heavy atom. The van der Waals surface area contributed by atoms with Gasteiger partial charge >= 0.3 is 0 Å². The topological polar surface area (TPSA) is 3.24 Å². The fraction of sp³-hybridized carbons (Fsp3) is 0.600. The lowest BCUT2D eigenvalue weighted by Crippen LogP contribution is -2.08. The smallest absolute Gasteiger partial charge is 0.0637 e. The van der Waals surface area contributed by atoms with E-state index in [4.69, 9.17) is 0 Å². The van der Waals surface area contributed by atoms with E-state index < -0.39 is 0 Å². The summed E-state index contributed by atoms with van der Waals surface area (Å²) in [4.78, 5) is 2.17. The van der Waals surface area contributed by atoms with Gasteiger partial charge in [0.1, 0.15) is 0 Å². The first-order valence-corrected chi connectivity index (χ1v) is 3.43. The highest BCUT2D eigenvalue weighted by Gasteiger charge is 2.08. The van der Waals surface area contributed by atoms with Crippen LogP contribution in [0, 0.1) is 0 Å². The molecule has 1 rings (SSSR count). The molecule has 0 unspecified atom stereocenters. The maximum Gasteiger partial charge on any atom is 0.0637 e. The maximum atomic E-state index is 3.84. The minimum absolute atomic E-state index is 1.12. The molecule has 0 N–H and O–H groups in total. The van der Waals surface area contributed by atoms with Gasteiger partial charge in [0, 0.05) is 18.5 Å². The lowest BCUT2D eigenvalue weighted by atomic mass is 10.5. The van der Waals surface area contributed by atoms with Gasteiger partial charge in [-0.2, -0.15) is 0 Å². The van der Waals surface area contributed by atoms with Crippen molar-refractivity contribution in [1.29, 1.82) is 0 Å². The first-order chi connectivity index (χ1) is 3.30. The third kappa shape index (κ3) is 0.911. The quantitative estimate of drug-likeness (QED) is 0.465. The molecule has 2 heteroatoms. The molecule has 1 nitrogen and oxygen atoms in total. The van der Waals surface area contributed by atoms with Crippen LogP contribution in [0.15, 0.2) is 12.3 Å². The molecule has 0 amide bonds. The van der Waals surface area contributed by atoms with Crippen LogP contribution in [0.25, 0.3) is 0 Å². The molecule has 0 atom stereocenters. The number of rotatable bonds is 0. The summed E-state index contributed by atoms with van der Waals surface area (Å²) >= 11 is 1.92. The van der Waals surface area contributed by atoms with Crippen molar-refractivity contribution in [2.75, 3.05) is 18.7 Å². The van der Waals surface area contributed by atoms with Gasteiger partial charge in [0.2, 0.25) is 0 Å². The molecule has 0 aromatic carbocycles. The molecule has 0 radical (unpaired) electrons. The van der Waals surface area contributed by atoms with Gasteiger partial charge in [-0.25, -0.2) is 0 Å². The van der Waals surface area contributed by atoms with Gasteiger partial charge in [0.25, 0.3) is 0 Å². The Balaban J connectivity index is 2.48. The number of hydrogen-bond acceptors (Lipinski definition) is 2. The second kappa shape index (κ2) is 1.78. The van der Waals surface area contributed by atoms with E-state index in [-0.39, 0.29) is 0 Å². The van der Waals surface area contributed by atoms with Gasteiger partial charge in [-0.15, -0.1) is 11.8 Å². The number of hydrogen-bond donors (Lipinski definition) is 0. The van der Waals surface area contributed by atoms with Crippen LogP contribution in [-0.2, 0) is 0 Å². The van der Waals surface area contributed by atoms with E-state index in [9.17, 15) is 0 Å². The largest absolute Gasteiger partial charge is 0.368 e. The molecule has 1 aliphatic heterocycles. The van der Waals surface area contributed by atoms with Crippen LogP contribution in [0.5, 0.6) is 0 Å². The molecule has 0 spiro atoms. The Kier molecular flexibility index (Phi) is 1.28. The van der Waals surface area contributed by atoms with Gasteiger partial charge in [-0.05, 0) is 0 Å². The Morgan fingerprint density at radius 2 is 2.57 bits per heavy atom. The van der Waals surface area contributed by atoms with Crippen LogP contribution < -0.4 is 0 Å². The standard InChI is InChI=1S/C5H9NS/c1-5-3-7-4-6(5)2/h1,3-4H2,2H3. The van der Waals surface area contributed by atoms with E-state index >= 15 is 0 Å². The van der Waals surface area contributed by atoms with Crippen molar-refractivity contribution < 1.29 is 0 Å². The molecule has 1 aliphatic rings. The van der Waals surface area contributed by atoms with Crippen molar-refractivity contribution in [3.8, 4) is 0 Å². The van der Waals surface area contributed by atoms with Crippen molar-refractivity contribution in [3.05, 3.63) is 12.3 Å². The van der Waals surface area contributed by atoms with E-state index in [2.05, 4.69) is 18.5 Å². The molecular weight excluding hydrogens is 106 g/mol. The second-order valence-electron chi connectivity index (χ2n) is 1.74. The summed E-state index contributed by atoms with van der Waals surface area (Å²) in [6.45, 7) is 3.84. The zero-order valence-electron chi connectivity index (χ0n) is 4.48. The Morgan fingerprint density at radius 3 is 2.71 bits per heavy atom. The van der Waals surface area contributed by atoms with E-state index in [0.717, 1.165) is 11.6 Å². The average Bonchev–Trinajstić information content (AvgIpc) is 1.91. The van der Waals surface area contributed by atoms with E-state index in [1.165, 1.54) is 5.70 Å². The highest BCUT2D eigenvalue weighted by Crippen LogP contribution is 2.19. The zero-order valence-corrected chi connectivity index (χ0v) is 5.29. The first kappa shape index (κ1) is 5.04.